The molecule has 3 nitrogen and oxygen atoms in total. The monoisotopic (exact) mass is 256 g/mol. The van der Waals surface area contributed by atoms with E-state index in [1.54, 1.807) is 23.9 Å². The summed E-state index contributed by atoms with van der Waals surface area (Å²) < 4.78 is 5.02. The van der Waals surface area contributed by atoms with Crippen LogP contribution in [0.25, 0.3) is 10.6 Å². The van der Waals surface area contributed by atoms with Crippen LogP contribution in [-0.2, 0) is 6.54 Å². The molecule has 0 aliphatic carbocycles. The summed E-state index contributed by atoms with van der Waals surface area (Å²) in [5.41, 5.74) is 3.38. The van der Waals surface area contributed by atoms with Gasteiger partial charge in [0.1, 0.15) is 5.01 Å². The number of aromatic nitrogens is 1. The maximum atomic E-state index is 5.02. The standard InChI is InChI=1S/C14H12N2OS/c1-3-13(16-9-11-5-7-17-10-11)4-2-12(1)14-15-6-8-18-14/h1-8,10,16H,9H2. The molecule has 18 heavy (non-hydrogen) atoms. The fraction of sp³-hybridized carbons (Fsp3) is 0.0714. The molecule has 1 aromatic carbocycles. The maximum absolute atomic E-state index is 5.02. The minimum absolute atomic E-state index is 0.771. The summed E-state index contributed by atoms with van der Waals surface area (Å²) in [4.78, 5) is 4.29. The Kier molecular flexibility index (Phi) is 3.10. The van der Waals surface area contributed by atoms with Crippen LogP contribution in [0.5, 0.6) is 0 Å². The summed E-state index contributed by atoms with van der Waals surface area (Å²) in [7, 11) is 0. The molecule has 0 bridgehead atoms. The Balaban J connectivity index is 1.68. The number of thiazole rings is 1. The fourth-order valence-corrected chi connectivity index (χ4v) is 2.34. The molecule has 0 fully saturated rings. The first-order valence-corrected chi connectivity index (χ1v) is 6.55. The molecule has 2 heterocycles. The lowest BCUT2D eigenvalue weighted by molar-refractivity contribution is 0.564. The van der Waals surface area contributed by atoms with Gasteiger partial charge in [0.25, 0.3) is 0 Å². The van der Waals surface area contributed by atoms with Crippen LogP contribution in [0.3, 0.4) is 0 Å². The predicted octanol–water partition coefficient (Wildman–Crippen LogP) is 4.02. The van der Waals surface area contributed by atoms with Crippen molar-refractivity contribution in [3.05, 3.63) is 60.0 Å². The Bertz CT molecular complexity index is 585. The van der Waals surface area contributed by atoms with E-state index in [2.05, 4.69) is 34.6 Å². The number of nitrogens with zero attached hydrogens (tertiary/aromatic N) is 1. The second kappa shape index (κ2) is 5.06. The van der Waals surface area contributed by atoms with Gasteiger partial charge in [-0.3, -0.25) is 0 Å². The van der Waals surface area contributed by atoms with Crippen molar-refractivity contribution >= 4 is 17.0 Å². The Morgan fingerprint density at radius 2 is 2.06 bits per heavy atom. The van der Waals surface area contributed by atoms with Crippen LogP contribution in [0.4, 0.5) is 5.69 Å². The van der Waals surface area contributed by atoms with E-state index >= 15 is 0 Å². The normalized spacial score (nSPS) is 10.4. The fourth-order valence-electron chi connectivity index (χ4n) is 1.69. The lowest BCUT2D eigenvalue weighted by Gasteiger charge is -2.05. The highest BCUT2D eigenvalue weighted by Gasteiger charge is 2.00. The van der Waals surface area contributed by atoms with Crippen LogP contribution < -0.4 is 5.32 Å². The van der Waals surface area contributed by atoms with E-state index in [4.69, 9.17) is 4.42 Å². The van der Waals surface area contributed by atoms with Gasteiger partial charge in [0.15, 0.2) is 0 Å². The zero-order chi connectivity index (χ0) is 12.2. The molecule has 4 heteroatoms. The van der Waals surface area contributed by atoms with E-state index in [0.717, 1.165) is 28.4 Å². The maximum Gasteiger partial charge on any atom is 0.123 e. The van der Waals surface area contributed by atoms with E-state index in [1.807, 2.05) is 17.6 Å². The third-order valence-electron chi connectivity index (χ3n) is 2.64. The van der Waals surface area contributed by atoms with E-state index < -0.39 is 0 Å². The molecule has 0 unspecified atom stereocenters. The molecule has 0 aliphatic rings. The first-order chi connectivity index (χ1) is 8.92. The highest BCUT2D eigenvalue weighted by molar-refractivity contribution is 7.13. The predicted molar refractivity (Wildman–Crippen MR) is 73.6 cm³/mol. The van der Waals surface area contributed by atoms with Gasteiger partial charge in [-0.05, 0) is 30.3 Å². The minimum Gasteiger partial charge on any atom is -0.472 e. The zero-order valence-electron chi connectivity index (χ0n) is 9.67. The average Bonchev–Trinajstić information content (AvgIpc) is 3.10. The first-order valence-electron chi connectivity index (χ1n) is 5.67. The van der Waals surface area contributed by atoms with Crippen molar-refractivity contribution in [2.75, 3.05) is 5.32 Å². The Morgan fingerprint density at radius 3 is 2.72 bits per heavy atom. The van der Waals surface area contributed by atoms with Crippen molar-refractivity contribution in [1.82, 2.24) is 4.98 Å². The number of nitrogens with one attached hydrogen (secondary N) is 1. The van der Waals surface area contributed by atoms with E-state index in [1.165, 1.54) is 0 Å². The van der Waals surface area contributed by atoms with Gasteiger partial charge in [-0.2, -0.15) is 0 Å². The number of benzene rings is 1. The molecule has 2 aromatic heterocycles. The summed E-state index contributed by atoms with van der Waals surface area (Å²) in [6, 6.07) is 10.2. The molecule has 0 spiro atoms. The van der Waals surface area contributed by atoms with Gasteiger partial charge in [-0.15, -0.1) is 11.3 Å². The van der Waals surface area contributed by atoms with E-state index in [0.29, 0.717) is 0 Å². The molecule has 0 saturated carbocycles. The zero-order valence-corrected chi connectivity index (χ0v) is 10.5. The molecule has 0 amide bonds. The third kappa shape index (κ3) is 2.43. The van der Waals surface area contributed by atoms with Crippen molar-refractivity contribution in [3.8, 4) is 10.6 Å². The van der Waals surface area contributed by atoms with Crippen molar-refractivity contribution < 1.29 is 4.42 Å². The van der Waals surface area contributed by atoms with Gasteiger partial charge >= 0.3 is 0 Å². The third-order valence-corrected chi connectivity index (χ3v) is 3.46. The van der Waals surface area contributed by atoms with Crippen LogP contribution in [0, 0.1) is 0 Å². The molecule has 0 saturated heterocycles. The summed E-state index contributed by atoms with van der Waals surface area (Å²) in [5, 5.41) is 6.38. The van der Waals surface area contributed by atoms with Crippen molar-refractivity contribution in [3.63, 3.8) is 0 Å². The topological polar surface area (TPSA) is 38.1 Å². The molecule has 3 aromatic rings. The van der Waals surface area contributed by atoms with Gasteiger partial charge in [-0.25, -0.2) is 4.98 Å². The van der Waals surface area contributed by atoms with Crippen LogP contribution >= 0.6 is 11.3 Å². The Morgan fingerprint density at radius 1 is 1.17 bits per heavy atom. The molecule has 0 radical (unpaired) electrons. The number of furan rings is 1. The number of rotatable bonds is 4. The summed E-state index contributed by atoms with van der Waals surface area (Å²) in [6.07, 6.45) is 5.25. The van der Waals surface area contributed by atoms with Crippen LogP contribution in [-0.4, -0.2) is 4.98 Å². The number of anilines is 1. The van der Waals surface area contributed by atoms with Crippen molar-refractivity contribution in [2.24, 2.45) is 0 Å². The van der Waals surface area contributed by atoms with Crippen LogP contribution in [0.2, 0.25) is 0 Å². The number of hydrogen-bond donors (Lipinski definition) is 1. The molecule has 0 aliphatic heterocycles. The van der Waals surface area contributed by atoms with Crippen molar-refractivity contribution in [2.45, 2.75) is 6.54 Å². The van der Waals surface area contributed by atoms with Gasteiger partial charge in [0.05, 0.1) is 12.5 Å². The van der Waals surface area contributed by atoms with Gasteiger partial charge in [-0.1, -0.05) is 0 Å². The molecule has 0 atom stereocenters. The largest absolute Gasteiger partial charge is 0.472 e. The Hall–Kier alpha value is -2.07. The van der Waals surface area contributed by atoms with E-state index in [9.17, 15) is 0 Å². The number of hydrogen-bond acceptors (Lipinski definition) is 4. The molecular formula is C14H12N2OS. The van der Waals surface area contributed by atoms with E-state index in [-0.39, 0.29) is 0 Å². The van der Waals surface area contributed by atoms with Gasteiger partial charge < -0.3 is 9.73 Å². The second-order valence-electron chi connectivity index (χ2n) is 3.90. The van der Waals surface area contributed by atoms with Gasteiger partial charge in [0.2, 0.25) is 0 Å². The van der Waals surface area contributed by atoms with Crippen molar-refractivity contribution in [1.29, 1.82) is 0 Å². The quantitative estimate of drug-likeness (QED) is 0.766. The molecule has 90 valence electrons. The summed E-state index contributed by atoms with van der Waals surface area (Å²) in [5.74, 6) is 0. The van der Waals surface area contributed by atoms with Crippen LogP contribution in [0.15, 0.2) is 58.9 Å². The summed E-state index contributed by atoms with van der Waals surface area (Å²) in [6.45, 7) is 0.771. The van der Waals surface area contributed by atoms with Gasteiger partial charge in [0, 0.05) is 34.9 Å². The summed E-state index contributed by atoms with van der Waals surface area (Å²) >= 11 is 1.65. The molecule has 3 rings (SSSR count). The lowest BCUT2D eigenvalue weighted by atomic mass is 10.2. The Labute approximate surface area is 109 Å². The smallest absolute Gasteiger partial charge is 0.123 e. The van der Waals surface area contributed by atoms with Crippen LogP contribution in [0.1, 0.15) is 5.56 Å². The highest BCUT2D eigenvalue weighted by atomic mass is 32.1. The average molecular weight is 256 g/mol. The first kappa shape index (κ1) is 11.0. The highest BCUT2D eigenvalue weighted by Crippen LogP contribution is 2.23. The molecule has 1 N–H and O–H groups in total. The second-order valence-corrected chi connectivity index (χ2v) is 4.79. The lowest BCUT2D eigenvalue weighted by Crippen LogP contribution is -1.97. The minimum atomic E-state index is 0.771. The molecular weight excluding hydrogens is 244 g/mol. The SMILES string of the molecule is c1csc(-c2ccc(NCc3ccoc3)cc2)n1.